The van der Waals surface area contributed by atoms with Gasteiger partial charge < -0.3 is 4.98 Å². The molecule has 1 aromatic heterocycles. The van der Waals surface area contributed by atoms with E-state index in [1.165, 1.54) is 20.3 Å². The van der Waals surface area contributed by atoms with Crippen LogP contribution >= 0.6 is 22.6 Å². The standard InChI is InChI=1S/C22H17IN2/c23-20-13-11-19(12-14-20)22(21-24-15-16-25-21,17-7-3-1-4-8-17)18-9-5-2-6-10-18/h1-16H,(H,24,25). The Kier molecular flexibility index (Phi) is 4.40. The van der Waals surface area contributed by atoms with Crippen LogP contribution in [0.15, 0.2) is 97.3 Å². The Hall–Kier alpha value is -2.40. The van der Waals surface area contributed by atoms with Crippen LogP contribution in [0.5, 0.6) is 0 Å². The van der Waals surface area contributed by atoms with Crippen molar-refractivity contribution in [2.45, 2.75) is 5.41 Å². The van der Waals surface area contributed by atoms with Crippen molar-refractivity contribution in [2.75, 3.05) is 0 Å². The highest BCUT2D eigenvalue weighted by Gasteiger charge is 2.40. The first-order valence-corrected chi connectivity index (χ1v) is 9.26. The van der Waals surface area contributed by atoms with E-state index < -0.39 is 5.41 Å². The summed E-state index contributed by atoms with van der Waals surface area (Å²) in [4.78, 5) is 8.06. The highest BCUT2D eigenvalue weighted by molar-refractivity contribution is 14.1. The van der Waals surface area contributed by atoms with Crippen molar-refractivity contribution in [3.63, 3.8) is 0 Å². The number of H-pyrrole nitrogens is 1. The molecule has 122 valence electrons. The van der Waals surface area contributed by atoms with Crippen molar-refractivity contribution in [2.24, 2.45) is 0 Å². The number of nitrogens with zero attached hydrogens (tertiary/aromatic N) is 1. The zero-order chi connectivity index (χ0) is 17.1. The van der Waals surface area contributed by atoms with Gasteiger partial charge in [-0.25, -0.2) is 4.98 Å². The third-order valence-electron chi connectivity index (χ3n) is 4.54. The minimum Gasteiger partial charge on any atom is -0.347 e. The van der Waals surface area contributed by atoms with Gasteiger partial charge in [0.05, 0.1) is 0 Å². The second-order valence-corrected chi connectivity index (χ2v) is 7.17. The second-order valence-electron chi connectivity index (χ2n) is 5.93. The Labute approximate surface area is 161 Å². The van der Waals surface area contributed by atoms with Gasteiger partial charge in [0.2, 0.25) is 0 Å². The molecular formula is C22H17IN2. The SMILES string of the molecule is Ic1ccc(C(c2ccccc2)(c2ccccc2)c2ncc[nH]2)cc1. The molecule has 0 saturated heterocycles. The molecule has 0 aliphatic heterocycles. The van der Waals surface area contributed by atoms with Gasteiger partial charge in [0.15, 0.2) is 0 Å². The zero-order valence-corrected chi connectivity index (χ0v) is 15.7. The van der Waals surface area contributed by atoms with E-state index in [9.17, 15) is 0 Å². The fourth-order valence-electron chi connectivity index (χ4n) is 3.46. The number of halogens is 1. The van der Waals surface area contributed by atoms with Gasteiger partial charge in [-0.1, -0.05) is 72.8 Å². The third kappa shape index (κ3) is 2.78. The predicted molar refractivity (Wildman–Crippen MR) is 110 cm³/mol. The fourth-order valence-corrected chi connectivity index (χ4v) is 3.82. The van der Waals surface area contributed by atoms with Crippen molar-refractivity contribution in [1.82, 2.24) is 9.97 Å². The Bertz CT molecular complexity index is 891. The number of rotatable bonds is 4. The van der Waals surface area contributed by atoms with Gasteiger partial charge in [-0.2, -0.15) is 0 Å². The topological polar surface area (TPSA) is 28.7 Å². The van der Waals surface area contributed by atoms with E-state index in [2.05, 4.69) is 117 Å². The van der Waals surface area contributed by atoms with E-state index in [0.717, 1.165) is 5.82 Å². The predicted octanol–water partition coefficient (Wildman–Crippen LogP) is 5.40. The fraction of sp³-hybridized carbons (Fsp3) is 0.0455. The van der Waals surface area contributed by atoms with Crippen LogP contribution in [0.2, 0.25) is 0 Å². The number of hydrogen-bond donors (Lipinski definition) is 1. The van der Waals surface area contributed by atoms with Crippen molar-refractivity contribution < 1.29 is 0 Å². The summed E-state index contributed by atoms with van der Waals surface area (Å²) in [7, 11) is 0. The minimum absolute atomic E-state index is 0.476. The molecule has 2 nitrogen and oxygen atoms in total. The maximum Gasteiger partial charge on any atom is 0.125 e. The van der Waals surface area contributed by atoms with Crippen LogP contribution in [-0.2, 0) is 5.41 Å². The average Bonchev–Trinajstić information content (AvgIpc) is 3.21. The summed E-state index contributed by atoms with van der Waals surface area (Å²) in [6.07, 6.45) is 3.71. The summed E-state index contributed by atoms with van der Waals surface area (Å²) < 4.78 is 1.22. The van der Waals surface area contributed by atoms with Crippen LogP contribution in [0.3, 0.4) is 0 Å². The lowest BCUT2D eigenvalue weighted by molar-refractivity contribution is 0.692. The van der Waals surface area contributed by atoms with Gasteiger partial charge in [0.1, 0.15) is 11.2 Å². The van der Waals surface area contributed by atoms with Gasteiger partial charge >= 0.3 is 0 Å². The van der Waals surface area contributed by atoms with Crippen molar-refractivity contribution in [1.29, 1.82) is 0 Å². The average molecular weight is 436 g/mol. The molecule has 0 spiro atoms. The summed E-state index contributed by atoms with van der Waals surface area (Å²) in [6, 6.07) is 29.8. The molecule has 0 fully saturated rings. The molecule has 1 heterocycles. The first kappa shape index (κ1) is 16.1. The van der Waals surface area contributed by atoms with Crippen LogP contribution in [0.1, 0.15) is 22.5 Å². The van der Waals surface area contributed by atoms with Crippen LogP contribution in [0, 0.1) is 3.57 Å². The van der Waals surface area contributed by atoms with E-state index in [-0.39, 0.29) is 0 Å². The molecule has 0 aliphatic rings. The highest BCUT2D eigenvalue weighted by atomic mass is 127. The van der Waals surface area contributed by atoms with Crippen LogP contribution < -0.4 is 0 Å². The Morgan fingerprint density at radius 1 is 0.680 bits per heavy atom. The quantitative estimate of drug-likeness (QED) is 0.337. The Morgan fingerprint density at radius 3 is 1.68 bits per heavy atom. The molecule has 4 rings (SSSR count). The molecule has 1 N–H and O–H groups in total. The Balaban J connectivity index is 2.11. The molecule has 25 heavy (non-hydrogen) atoms. The summed E-state index contributed by atoms with van der Waals surface area (Å²) in [5.74, 6) is 0.922. The maximum atomic E-state index is 4.68. The van der Waals surface area contributed by atoms with Crippen molar-refractivity contribution >= 4 is 22.6 Å². The molecular weight excluding hydrogens is 419 g/mol. The second kappa shape index (κ2) is 6.84. The smallest absolute Gasteiger partial charge is 0.125 e. The number of aromatic amines is 1. The lowest BCUT2D eigenvalue weighted by atomic mass is 9.69. The van der Waals surface area contributed by atoms with Crippen LogP contribution in [0.4, 0.5) is 0 Å². The molecule has 0 bridgehead atoms. The van der Waals surface area contributed by atoms with E-state index >= 15 is 0 Å². The zero-order valence-electron chi connectivity index (χ0n) is 13.6. The van der Waals surface area contributed by atoms with Gasteiger partial charge in [0, 0.05) is 16.0 Å². The number of benzene rings is 3. The van der Waals surface area contributed by atoms with E-state index in [1.807, 2.05) is 12.4 Å². The summed E-state index contributed by atoms with van der Waals surface area (Å²) >= 11 is 2.34. The van der Waals surface area contributed by atoms with Gasteiger partial charge in [-0.15, -0.1) is 0 Å². The van der Waals surface area contributed by atoms with Crippen molar-refractivity contribution in [3.8, 4) is 0 Å². The first-order chi connectivity index (χ1) is 12.3. The lowest BCUT2D eigenvalue weighted by Crippen LogP contribution is -2.32. The van der Waals surface area contributed by atoms with E-state index in [4.69, 9.17) is 0 Å². The van der Waals surface area contributed by atoms with E-state index in [0.29, 0.717) is 0 Å². The third-order valence-corrected chi connectivity index (χ3v) is 5.26. The van der Waals surface area contributed by atoms with Gasteiger partial charge in [0.25, 0.3) is 0 Å². The number of aromatic nitrogens is 2. The molecule has 0 amide bonds. The molecule has 0 saturated carbocycles. The summed E-state index contributed by atoms with van der Waals surface area (Å²) in [5.41, 5.74) is 3.10. The molecule has 0 atom stereocenters. The van der Waals surface area contributed by atoms with Crippen LogP contribution in [-0.4, -0.2) is 9.97 Å². The maximum absolute atomic E-state index is 4.68. The summed E-state index contributed by atoms with van der Waals surface area (Å²) in [6.45, 7) is 0. The van der Waals surface area contributed by atoms with Crippen molar-refractivity contribution in [3.05, 3.63) is 123 Å². The van der Waals surface area contributed by atoms with Gasteiger partial charge in [-0.05, 0) is 51.4 Å². The normalized spacial score (nSPS) is 11.4. The number of hydrogen-bond acceptors (Lipinski definition) is 1. The van der Waals surface area contributed by atoms with E-state index in [1.54, 1.807) is 0 Å². The molecule has 0 unspecified atom stereocenters. The van der Waals surface area contributed by atoms with Crippen LogP contribution in [0.25, 0.3) is 0 Å². The monoisotopic (exact) mass is 436 g/mol. The first-order valence-electron chi connectivity index (χ1n) is 8.19. The molecule has 3 heteroatoms. The molecule has 0 radical (unpaired) electrons. The largest absolute Gasteiger partial charge is 0.347 e. The summed E-state index contributed by atoms with van der Waals surface area (Å²) in [5, 5.41) is 0. The Morgan fingerprint density at radius 2 is 1.20 bits per heavy atom. The lowest BCUT2D eigenvalue weighted by Gasteiger charge is -2.34. The molecule has 0 aliphatic carbocycles. The number of imidazole rings is 1. The highest BCUT2D eigenvalue weighted by Crippen LogP contribution is 2.43. The molecule has 4 aromatic rings. The number of nitrogens with one attached hydrogen (secondary N) is 1. The molecule has 3 aromatic carbocycles. The minimum atomic E-state index is -0.476. The van der Waals surface area contributed by atoms with Gasteiger partial charge in [-0.3, -0.25) is 0 Å².